The maximum absolute atomic E-state index is 12.3. The summed E-state index contributed by atoms with van der Waals surface area (Å²) in [4.78, 5) is 12.3. The molecule has 0 atom stereocenters. The van der Waals surface area contributed by atoms with Crippen molar-refractivity contribution in [3.8, 4) is 0 Å². The molecule has 0 spiro atoms. The van der Waals surface area contributed by atoms with Gasteiger partial charge in [0.25, 0.3) is 5.91 Å². The highest BCUT2D eigenvalue weighted by molar-refractivity contribution is 7.89. The predicted molar refractivity (Wildman–Crippen MR) is 107 cm³/mol. The van der Waals surface area contributed by atoms with E-state index in [1.807, 2.05) is 6.92 Å². The number of nitrogens with zero attached hydrogens (tertiary/aromatic N) is 3. The van der Waals surface area contributed by atoms with E-state index in [0.717, 1.165) is 5.01 Å². The topological polar surface area (TPSA) is 92.3 Å². The SMILES string of the molecule is CCCS(=O)(=O)N1CCC(c2nnc(C(=O)Nc3cccc(Cl)c3)s2)CC1. The number of carbonyl (C=O) groups is 1. The number of anilines is 1. The Bertz CT molecular complexity index is 908. The molecule has 27 heavy (non-hydrogen) atoms. The molecule has 7 nitrogen and oxygen atoms in total. The van der Waals surface area contributed by atoms with Crippen LogP contribution >= 0.6 is 22.9 Å². The zero-order chi connectivity index (χ0) is 19.4. The lowest BCUT2D eigenvalue weighted by Gasteiger charge is -2.29. The summed E-state index contributed by atoms with van der Waals surface area (Å²) in [5, 5.41) is 12.5. The molecule has 1 aromatic carbocycles. The number of carbonyl (C=O) groups excluding carboxylic acids is 1. The Morgan fingerprint density at radius 1 is 1.33 bits per heavy atom. The second-order valence-electron chi connectivity index (χ2n) is 6.40. The Morgan fingerprint density at radius 3 is 2.74 bits per heavy atom. The van der Waals surface area contributed by atoms with Crippen molar-refractivity contribution in [1.29, 1.82) is 0 Å². The number of hydrogen-bond donors (Lipinski definition) is 1. The van der Waals surface area contributed by atoms with Gasteiger partial charge in [-0.3, -0.25) is 4.79 Å². The first-order valence-electron chi connectivity index (χ1n) is 8.77. The molecule has 1 saturated heterocycles. The largest absolute Gasteiger partial charge is 0.320 e. The number of halogens is 1. The summed E-state index contributed by atoms with van der Waals surface area (Å²) in [6, 6.07) is 6.89. The Balaban J connectivity index is 1.60. The number of nitrogens with one attached hydrogen (secondary N) is 1. The summed E-state index contributed by atoms with van der Waals surface area (Å²) < 4.78 is 25.9. The smallest absolute Gasteiger partial charge is 0.286 e. The monoisotopic (exact) mass is 428 g/mol. The van der Waals surface area contributed by atoms with Crippen LogP contribution in [0.25, 0.3) is 0 Å². The Labute approximate surface area is 167 Å². The van der Waals surface area contributed by atoms with Crippen molar-refractivity contribution in [3.05, 3.63) is 39.3 Å². The van der Waals surface area contributed by atoms with Crippen LogP contribution in [-0.2, 0) is 10.0 Å². The van der Waals surface area contributed by atoms with Crippen LogP contribution in [-0.4, -0.2) is 47.7 Å². The van der Waals surface area contributed by atoms with E-state index in [2.05, 4.69) is 15.5 Å². The van der Waals surface area contributed by atoms with E-state index >= 15 is 0 Å². The second kappa shape index (κ2) is 8.64. The lowest BCUT2D eigenvalue weighted by molar-refractivity contribution is 0.102. The van der Waals surface area contributed by atoms with Gasteiger partial charge in [0.1, 0.15) is 5.01 Å². The van der Waals surface area contributed by atoms with E-state index in [-0.39, 0.29) is 22.6 Å². The third-order valence-electron chi connectivity index (χ3n) is 4.38. The number of aromatic nitrogens is 2. The molecule has 10 heteroatoms. The van der Waals surface area contributed by atoms with Gasteiger partial charge in [-0.2, -0.15) is 0 Å². The minimum atomic E-state index is -3.16. The third kappa shape index (κ3) is 5.04. The summed E-state index contributed by atoms with van der Waals surface area (Å²) >= 11 is 7.17. The minimum Gasteiger partial charge on any atom is -0.320 e. The van der Waals surface area contributed by atoms with E-state index in [0.29, 0.717) is 43.1 Å². The van der Waals surface area contributed by atoms with Gasteiger partial charge in [-0.15, -0.1) is 10.2 Å². The number of benzene rings is 1. The van der Waals surface area contributed by atoms with Crippen molar-refractivity contribution in [2.24, 2.45) is 0 Å². The van der Waals surface area contributed by atoms with Crippen LogP contribution in [0.2, 0.25) is 5.02 Å². The Hall–Kier alpha value is -1.55. The van der Waals surface area contributed by atoms with Crippen LogP contribution in [0.4, 0.5) is 5.69 Å². The number of hydrogen-bond acceptors (Lipinski definition) is 6. The summed E-state index contributed by atoms with van der Waals surface area (Å²) in [7, 11) is -3.16. The Kier molecular flexibility index (Phi) is 6.46. The first kappa shape index (κ1) is 20.2. The molecular weight excluding hydrogens is 408 g/mol. The van der Waals surface area contributed by atoms with Gasteiger partial charge in [-0.05, 0) is 37.5 Å². The maximum atomic E-state index is 12.3. The van der Waals surface area contributed by atoms with Gasteiger partial charge in [0, 0.05) is 29.7 Å². The lowest BCUT2D eigenvalue weighted by atomic mass is 9.99. The van der Waals surface area contributed by atoms with E-state index in [9.17, 15) is 13.2 Å². The summed E-state index contributed by atoms with van der Waals surface area (Å²) in [5.74, 6) is -0.0168. The highest BCUT2D eigenvalue weighted by atomic mass is 35.5. The van der Waals surface area contributed by atoms with Gasteiger partial charge in [0.2, 0.25) is 15.0 Å². The highest BCUT2D eigenvalue weighted by Crippen LogP contribution is 2.31. The molecule has 0 bridgehead atoms. The molecule has 3 rings (SSSR count). The number of amides is 1. The first-order valence-corrected chi connectivity index (χ1v) is 11.6. The molecule has 1 amide bonds. The minimum absolute atomic E-state index is 0.128. The summed E-state index contributed by atoms with van der Waals surface area (Å²) in [6.45, 7) is 2.83. The number of rotatable bonds is 6. The molecular formula is C17H21ClN4O3S2. The van der Waals surface area contributed by atoms with E-state index < -0.39 is 10.0 Å². The van der Waals surface area contributed by atoms with Gasteiger partial charge in [-0.25, -0.2) is 12.7 Å². The first-order chi connectivity index (χ1) is 12.9. The van der Waals surface area contributed by atoms with Crippen molar-refractivity contribution in [1.82, 2.24) is 14.5 Å². The normalized spacial score (nSPS) is 16.4. The van der Waals surface area contributed by atoms with Gasteiger partial charge >= 0.3 is 0 Å². The van der Waals surface area contributed by atoms with Crippen molar-refractivity contribution >= 4 is 44.6 Å². The molecule has 1 N–H and O–H groups in total. The van der Waals surface area contributed by atoms with Crippen molar-refractivity contribution in [3.63, 3.8) is 0 Å². The van der Waals surface area contributed by atoms with Crippen molar-refractivity contribution < 1.29 is 13.2 Å². The lowest BCUT2D eigenvalue weighted by Crippen LogP contribution is -2.39. The average Bonchev–Trinajstić information content (AvgIpc) is 3.12. The molecule has 1 aliphatic heterocycles. The van der Waals surface area contributed by atoms with Crippen molar-refractivity contribution in [2.75, 3.05) is 24.2 Å². The zero-order valence-electron chi connectivity index (χ0n) is 14.9. The fraction of sp³-hybridized carbons (Fsp3) is 0.471. The summed E-state index contributed by atoms with van der Waals surface area (Å²) in [5.41, 5.74) is 0.596. The van der Waals surface area contributed by atoms with Gasteiger partial charge in [-0.1, -0.05) is 35.9 Å². The van der Waals surface area contributed by atoms with Gasteiger partial charge in [0.05, 0.1) is 5.75 Å². The van der Waals surface area contributed by atoms with E-state index in [1.165, 1.54) is 11.3 Å². The number of piperidine rings is 1. The quantitative estimate of drug-likeness (QED) is 0.761. The standard InChI is InChI=1S/C17H21ClN4O3S2/c1-2-10-27(24,25)22-8-6-12(7-9-22)16-20-21-17(26-16)15(23)19-14-5-3-4-13(18)11-14/h3-5,11-12H,2,6-10H2,1H3,(H,19,23). The summed E-state index contributed by atoms with van der Waals surface area (Å²) in [6.07, 6.45) is 1.99. The van der Waals surface area contributed by atoms with E-state index in [4.69, 9.17) is 11.6 Å². The molecule has 0 saturated carbocycles. The van der Waals surface area contributed by atoms with Crippen LogP contribution in [0.1, 0.15) is 46.9 Å². The molecule has 2 aromatic rings. The average molecular weight is 429 g/mol. The fourth-order valence-corrected chi connectivity index (χ4v) is 5.65. The van der Waals surface area contributed by atoms with Gasteiger partial charge in [0.15, 0.2) is 0 Å². The predicted octanol–water partition coefficient (Wildman–Crippen LogP) is 3.36. The maximum Gasteiger partial charge on any atom is 0.286 e. The third-order valence-corrected chi connectivity index (χ3v) is 7.77. The van der Waals surface area contributed by atoms with Crippen LogP contribution < -0.4 is 5.32 Å². The molecule has 0 unspecified atom stereocenters. The second-order valence-corrected chi connectivity index (χ2v) is 9.93. The highest BCUT2D eigenvalue weighted by Gasteiger charge is 2.30. The van der Waals surface area contributed by atoms with E-state index in [1.54, 1.807) is 28.6 Å². The molecule has 0 radical (unpaired) electrons. The molecule has 1 aromatic heterocycles. The van der Waals surface area contributed by atoms with Crippen molar-refractivity contribution in [2.45, 2.75) is 32.1 Å². The Morgan fingerprint density at radius 2 is 2.07 bits per heavy atom. The van der Waals surface area contributed by atoms with Crippen LogP contribution in [0.15, 0.2) is 24.3 Å². The number of sulfonamides is 1. The van der Waals surface area contributed by atoms with Crippen LogP contribution in [0.5, 0.6) is 0 Å². The zero-order valence-corrected chi connectivity index (χ0v) is 17.3. The molecule has 1 fully saturated rings. The van der Waals surface area contributed by atoms with Crippen LogP contribution in [0, 0.1) is 0 Å². The fourth-order valence-electron chi connectivity index (χ4n) is 3.01. The van der Waals surface area contributed by atoms with Gasteiger partial charge < -0.3 is 5.32 Å². The molecule has 146 valence electrons. The molecule has 0 aliphatic carbocycles. The van der Waals surface area contributed by atoms with Crippen LogP contribution in [0.3, 0.4) is 0 Å². The molecule has 2 heterocycles. The molecule has 1 aliphatic rings.